The predicted octanol–water partition coefficient (Wildman–Crippen LogP) is 3.96. The molecule has 0 aliphatic carbocycles. The Labute approximate surface area is 107 Å². The zero-order valence-corrected chi connectivity index (χ0v) is 10.6. The van der Waals surface area contributed by atoms with Crippen LogP contribution >= 0.6 is 0 Å². The van der Waals surface area contributed by atoms with E-state index in [1.54, 1.807) is 0 Å². The smallest absolute Gasteiger partial charge is 0.148 e. The van der Waals surface area contributed by atoms with Crippen LogP contribution in [0.2, 0.25) is 0 Å². The van der Waals surface area contributed by atoms with Crippen molar-refractivity contribution in [2.24, 2.45) is 4.99 Å². The molecular weight excluding hydrogens is 222 g/mol. The fourth-order valence-electron chi connectivity index (χ4n) is 1.81. The van der Waals surface area contributed by atoms with Crippen molar-refractivity contribution in [2.45, 2.75) is 13.8 Å². The molecule has 0 radical (unpaired) electrons. The van der Waals surface area contributed by atoms with E-state index in [4.69, 9.17) is 11.2 Å². The van der Waals surface area contributed by atoms with Gasteiger partial charge < -0.3 is 4.74 Å². The van der Waals surface area contributed by atoms with Gasteiger partial charge in [-0.2, -0.15) is 0 Å². The Kier molecular flexibility index (Phi) is 3.64. The lowest BCUT2D eigenvalue weighted by atomic mass is 10.1. The first-order valence-electron chi connectivity index (χ1n) is 5.82. The van der Waals surface area contributed by atoms with E-state index in [1.165, 1.54) is 0 Å². The number of ether oxygens (including phenoxy) is 1. The van der Waals surface area contributed by atoms with Crippen LogP contribution < -0.4 is 4.74 Å². The molecular formula is C16H15NO. The van der Waals surface area contributed by atoms with Crippen molar-refractivity contribution in [2.75, 3.05) is 6.61 Å². The summed E-state index contributed by atoms with van der Waals surface area (Å²) in [5.74, 6) is 3.20. The highest BCUT2D eigenvalue weighted by Crippen LogP contribution is 2.35. The molecule has 2 nitrogen and oxygen atoms in total. The maximum Gasteiger partial charge on any atom is 0.148 e. The number of fused-ring (bicyclic) bond motifs is 1. The van der Waals surface area contributed by atoms with E-state index in [0.29, 0.717) is 0 Å². The van der Waals surface area contributed by atoms with Crippen molar-refractivity contribution in [3.8, 4) is 18.1 Å². The van der Waals surface area contributed by atoms with Gasteiger partial charge in [0.2, 0.25) is 0 Å². The van der Waals surface area contributed by atoms with Gasteiger partial charge in [0.05, 0.1) is 0 Å². The van der Waals surface area contributed by atoms with Gasteiger partial charge in [-0.3, -0.25) is 4.99 Å². The van der Waals surface area contributed by atoms with E-state index in [-0.39, 0.29) is 6.61 Å². The number of aliphatic imine (C=N–C) groups is 1. The standard InChI is InChI=1S/C16H15NO/c1-4-11-18-15-10-9-13-7-5-6-8-14(13)16(15)17-12(2)3/h1,5-10H,11H2,2-3H3. The number of terminal acetylenes is 1. The maximum absolute atomic E-state index is 5.55. The summed E-state index contributed by atoms with van der Waals surface area (Å²) in [6.07, 6.45) is 5.23. The zero-order chi connectivity index (χ0) is 13.0. The van der Waals surface area contributed by atoms with Crippen LogP contribution in [0.4, 0.5) is 5.69 Å². The van der Waals surface area contributed by atoms with Crippen LogP contribution in [-0.4, -0.2) is 12.3 Å². The molecule has 0 aliphatic rings. The normalized spacial score (nSPS) is 9.83. The van der Waals surface area contributed by atoms with Gasteiger partial charge in [0.25, 0.3) is 0 Å². The van der Waals surface area contributed by atoms with Gasteiger partial charge in [0, 0.05) is 11.1 Å². The number of rotatable bonds is 3. The van der Waals surface area contributed by atoms with Gasteiger partial charge in [-0.15, -0.1) is 6.42 Å². The highest BCUT2D eigenvalue weighted by Gasteiger charge is 2.07. The lowest BCUT2D eigenvalue weighted by Gasteiger charge is -2.10. The van der Waals surface area contributed by atoms with E-state index in [2.05, 4.69) is 17.0 Å². The number of hydrogen-bond donors (Lipinski definition) is 0. The molecule has 0 spiro atoms. The average molecular weight is 237 g/mol. The highest BCUT2D eigenvalue weighted by atomic mass is 16.5. The molecule has 2 aromatic carbocycles. The average Bonchev–Trinajstić information content (AvgIpc) is 2.37. The molecule has 2 aromatic rings. The lowest BCUT2D eigenvalue weighted by molar-refractivity contribution is 0.372. The third-order valence-corrected chi connectivity index (χ3v) is 2.51. The summed E-state index contributed by atoms with van der Waals surface area (Å²) in [6, 6.07) is 12.0. The van der Waals surface area contributed by atoms with Crippen LogP contribution in [-0.2, 0) is 0 Å². The number of nitrogens with zero attached hydrogens (tertiary/aromatic N) is 1. The Bertz CT molecular complexity index is 631. The van der Waals surface area contributed by atoms with Crippen LogP contribution in [0.5, 0.6) is 5.75 Å². The number of hydrogen-bond acceptors (Lipinski definition) is 2. The van der Waals surface area contributed by atoms with Gasteiger partial charge in [-0.05, 0) is 25.3 Å². The molecule has 0 saturated carbocycles. The summed E-state index contributed by atoms with van der Waals surface area (Å²) in [6.45, 7) is 4.18. The molecule has 0 fully saturated rings. The molecule has 0 aliphatic heterocycles. The molecule has 0 heterocycles. The minimum atomic E-state index is 0.254. The zero-order valence-electron chi connectivity index (χ0n) is 10.6. The summed E-state index contributed by atoms with van der Waals surface area (Å²) in [5, 5.41) is 2.22. The molecule has 90 valence electrons. The summed E-state index contributed by atoms with van der Waals surface area (Å²) in [5.41, 5.74) is 1.83. The molecule has 2 heteroatoms. The minimum Gasteiger partial charge on any atom is -0.479 e. The van der Waals surface area contributed by atoms with E-state index in [0.717, 1.165) is 27.9 Å². The minimum absolute atomic E-state index is 0.254. The topological polar surface area (TPSA) is 21.6 Å². The van der Waals surface area contributed by atoms with Gasteiger partial charge in [0.15, 0.2) is 0 Å². The third-order valence-electron chi connectivity index (χ3n) is 2.51. The van der Waals surface area contributed by atoms with Gasteiger partial charge in [-0.1, -0.05) is 36.3 Å². The first-order valence-corrected chi connectivity index (χ1v) is 5.82. The SMILES string of the molecule is C#CCOc1ccc2ccccc2c1N=C(C)C. The van der Waals surface area contributed by atoms with Crippen LogP contribution in [0.3, 0.4) is 0 Å². The van der Waals surface area contributed by atoms with Crippen LogP contribution in [0.15, 0.2) is 41.4 Å². The Morgan fingerprint density at radius 3 is 2.72 bits per heavy atom. The molecule has 0 amide bonds. The summed E-state index contributed by atoms with van der Waals surface area (Å²) in [4.78, 5) is 4.56. The third kappa shape index (κ3) is 2.52. The molecule has 2 rings (SSSR count). The molecule has 0 N–H and O–H groups in total. The molecule has 0 atom stereocenters. The van der Waals surface area contributed by atoms with Crippen molar-refractivity contribution in [3.05, 3.63) is 36.4 Å². The first kappa shape index (κ1) is 12.2. The summed E-state index contributed by atoms with van der Waals surface area (Å²) in [7, 11) is 0. The Morgan fingerprint density at radius 1 is 1.22 bits per heavy atom. The second-order valence-corrected chi connectivity index (χ2v) is 4.19. The highest BCUT2D eigenvalue weighted by molar-refractivity contribution is 5.98. The van der Waals surface area contributed by atoms with Crippen LogP contribution in [0.25, 0.3) is 10.8 Å². The second kappa shape index (κ2) is 5.37. The first-order chi connectivity index (χ1) is 8.72. The van der Waals surface area contributed by atoms with Crippen molar-refractivity contribution in [3.63, 3.8) is 0 Å². The van der Waals surface area contributed by atoms with E-state index in [1.807, 2.05) is 44.2 Å². The maximum atomic E-state index is 5.55. The van der Waals surface area contributed by atoms with Gasteiger partial charge >= 0.3 is 0 Å². The monoisotopic (exact) mass is 237 g/mol. The van der Waals surface area contributed by atoms with Crippen molar-refractivity contribution >= 4 is 22.2 Å². The molecule has 0 saturated heterocycles. The Hall–Kier alpha value is -2.27. The van der Waals surface area contributed by atoms with Crippen molar-refractivity contribution in [1.82, 2.24) is 0 Å². The van der Waals surface area contributed by atoms with Crippen LogP contribution in [0.1, 0.15) is 13.8 Å². The van der Waals surface area contributed by atoms with Crippen LogP contribution in [0, 0.1) is 12.3 Å². The molecule has 0 bridgehead atoms. The predicted molar refractivity (Wildman–Crippen MR) is 76.7 cm³/mol. The second-order valence-electron chi connectivity index (χ2n) is 4.19. The van der Waals surface area contributed by atoms with Gasteiger partial charge in [-0.25, -0.2) is 0 Å². The lowest BCUT2D eigenvalue weighted by Crippen LogP contribution is -1.94. The fraction of sp³-hybridized carbons (Fsp3) is 0.188. The van der Waals surface area contributed by atoms with Crippen molar-refractivity contribution < 1.29 is 4.74 Å². The van der Waals surface area contributed by atoms with E-state index >= 15 is 0 Å². The number of benzene rings is 2. The molecule has 18 heavy (non-hydrogen) atoms. The summed E-state index contributed by atoms with van der Waals surface area (Å²) < 4.78 is 5.55. The van der Waals surface area contributed by atoms with Crippen molar-refractivity contribution in [1.29, 1.82) is 0 Å². The quantitative estimate of drug-likeness (QED) is 0.584. The molecule has 0 aromatic heterocycles. The summed E-state index contributed by atoms with van der Waals surface area (Å²) >= 11 is 0. The molecule has 0 unspecified atom stereocenters. The Morgan fingerprint density at radius 2 is 2.00 bits per heavy atom. The fourth-order valence-corrected chi connectivity index (χ4v) is 1.81. The Balaban J connectivity index is 2.64. The van der Waals surface area contributed by atoms with E-state index in [9.17, 15) is 0 Å². The van der Waals surface area contributed by atoms with E-state index < -0.39 is 0 Å². The largest absolute Gasteiger partial charge is 0.479 e. The van der Waals surface area contributed by atoms with Gasteiger partial charge in [0.1, 0.15) is 18.0 Å².